The number of esters is 2. The standard InChI is InChI=1S/C42H82O7/c1-3-5-7-9-11-13-15-17-19-21-23-25-27-29-31-33-41(45)48-39(35-43)37-47-38-40(36-44)49-42(46)34-32-30-28-26-24-22-20-18-16-14-12-10-8-6-4-2/h39-40,43-44H,3-38H2,1-2H3. The fraction of sp³-hybridized carbons (Fsp3) is 0.952. The number of hydrogen-bond acceptors (Lipinski definition) is 7. The van der Waals surface area contributed by atoms with Gasteiger partial charge in [0.2, 0.25) is 0 Å². The predicted octanol–water partition coefficient (Wildman–Crippen LogP) is 11.3. The first kappa shape index (κ1) is 47.8. The van der Waals surface area contributed by atoms with Crippen LogP contribution in [0.4, 0.5) is 0 Å². The summed E-state index contributed by atoms with van der Waals surface area (Å²) in [5.74, 6) is -0.656. The molecule has 0 radical (unpaired) electrons. The number of carbonyl (C=O) groups excluding carboxylic acids is 2. The van der Waals surface area contributed by atoms with E-state index < -0.39 is 12.2 Å². The van der Waals surface area contributed by atoms with Crippen molar-refractivity contribution in [3.05, 3.63) is 0 Å². The molecule has 0 rings (SSSR count). The summed E-state index contributed by atoms with van der Waals surface area (Å²) in [5, 5.41) is 19.2. The minimum absolute atomic E-state index is 0.00576. The lowest BCUT2D eigenvalue weighted by atomic mass is 10.0. The van der Waals surface area contributed by atoms with Gasteiger partial charge in [-0.2, -0.15) is 0 Å². The SMILES string of the molecule is CCCCCCCCCCCCCCCCCC(=O)OC(CO)COCC(CO)OC(=O)CCCCCCCCCCCCCCCCC. The van der Waals surface area contributed by atoms with Crippen LogP contribution in [0, 0.1) is 0 Å². The van der Waals surface area contributed by atoms with E-state index in [1.165, 1.54) is 154 Å². The summed E-state index contributed by atoms with van der Waals surface area (Å²) in [4.78, 5) is 24.5. The normalized spacial score (nSPS) is 12.7. The van der Waals surface area contributed by atoms with Crippen molar-refractivity contribution in [3.8, 4) is 0 Å². The Morgan fingerprint density at radius 1 is 0.388 bits per heavy atom. The molecule has 7 nitrogen and oxygen atoms in total. The van der Waals surface area contributed by atoms with Gasteiger partial charge >= 0.3 is 11.9 Å². The van der Waals surface area contributed by atoms with Gasteiger partial charge in [0.1, 0.15) is 12.2 Å². The van der Waals surface area contributed by atoms with Gasteiger partial charge in [-0.25, -0.2) is 0 Å². The lowest BCUT2D eigenvalue weighted by Crippen LogP contribution is -2.32. The minimum atomic E-state index is -0.765. The zero-order valence-electron chi connectivity index (χ0n) is 32.5. The monoisotopic (exact) mass is 699 g/mol. The van der Waals surface area contributed by atoms with Crippen molar-refractivity contribution >= 4 is 11.9 Å². The van der Waals surface area contributed by atoms with Crippen molar-refractivity contribution in [1.82, 2.24) is 0 Å². The van der Waals surface area contributed by atoms with Gasteiger partial charge in [0.15, 0.2) is 0 Å². The lowest BCUT2D eigenvalue weighted by Gasteiger charge is -2.19. The van der Waals surface area contributed by atoms with Crippen molar-refractivity contribution in [1.29, 1.82) is 0 Å². The Bertz CT molecular complexity index is 630. The number of aliphatic hydroxyl groups excluding tert-OH is 2. The Kier molecular flexibility index (Phi) is 38.6. The maximum absolute atomic E-state index is 12.2. The Morgan fingerprint density at radius 3 is 0.837 bits per heavy atom. The van der Waals surface area contributed by atoms with E-state index in [0.29, 0.717) is 12.8 Å². The summed E-state index contributed by atoms with van der Waals surface area (Å²) in [6, 6.07) is 0. The third kappa shape index (κ3) is 36.4. The molecule has 0 aliphatic heterocycles. The van der Waals surface area contributed by atoms with E-state index in [2.05, 4.69) is 13.8 Å². The molecular formula is C42H82O7. The van der Waals surface area contributed by atoms with E-state index in [9.17, 15) is 19.8 Å². The highest BCUT2D eigenvalue weighted by molar-refractivity contribution is 5.69. The van der Waals surface area contributed by atoms with Crippen LogP contribution in [-0.2, 0) is 23.8 Å². The Balaban J connectivity index is 3.68. The largest absolute Gasteiger partial charge is 0.457 e. The molecule has 0 spiro atoms. The molecule has 0 bridgehead atoms. The van der Waals surface area contributed by atoms with E-state index >= 15 is 0 Å². The van der Waals surface area contributed by atoms with Crippen LogP contribution >= 0.6 is 0 Å². The topological polar surface area (TPSA) is 102 Å². The lowest BCUT2D eigenvalue weighted by molar-refractivity contribution is -0.160. The zero-order chi connectivity index (χ0) is 35.9. The molecule has 2 N–H and O–H groups in total. The third-order valence-electron chi connectivity index (χ3n) is 9.58. The highest BCUT2D eigenvalue weighted by Gasteiger charge is 2.17. The van der Waals surface area contributed by atoms with Crippen LogP contribution in [0.3, 0.4) is 0 Å². The molecule has 0 aliphatic carbocycles. The zero-order valence-corrected chi connectivity index (χ0v) is 32.5. The molecule has 0 aromatic heterocycles. The van der Waals surface area contributed by atoms with Crippen molar-refractivity contribution < 1.29 is 34.0 Å². The number of ether oxygens (including phenoxy) is 3. The van der Waals surface area contributed by atoms with Crippen molar-refractivity contribution in [3.63, 3.8) is 0 Å². The molecule has 49 heavy (non-hydrogen) atoms. The number of unbranched alkanes of at least 4 members (excludes halogenated alkanes) is 28. The minimum Gasteiger partial charge on any atom is -0.457 e. The number of hydrogen-bond donors (Lipinski definition) is 2. The van der Waals surface area contributed by atoms with Gasteiger partial charge in [-0.3, -0.25) is 9.59 Å². The predicted molar refractivity (Wildman–Crippen MR) is 204 cm³/mol. The van der Waals surface area contributed by atoms with E-state index in [4.69, 9.17) is 14.2 Å². The molecule has 2 atom stereocenters. The molecule has 0 fully saturated rings. The Labute approximate surface area is 303 Å². The van der Waals surface area contributed by atoms with Gasteiger partial charge in [0.25, 0.3) is 0 Å². The molecule has 0 saturated carbocycles. The van der Waals surface area contributed by atoms with E-state index in [1.54, 1.807) is 0 Å². The maximum Gasteiger partial charge on any atom is 0.306 e. The molecule has 292 valence electrons. The quantitative estimate of drug-likeness (QED) is 0.0485. The first-order valence-electron chi connectivity index (χ1n) is 21.3. The highest BCUT2D eigenvalue weighted by Crippen LogP contribution is 2.16. The smallest absolute Gasteiger partial charge is 0.306 e. The van der Waals surface area contributed by atoms with Gasteiger partial charge in [-0.15, -0.1) is 0 Å². The van der Waals surface area contributed by atoms with Crippen molar-refractivity contribution in [2.75, 3.05) is 26.4 Å². The molecule has 0 aliphatic rings. The number of rotatable bonds is 40. The van der Waals surface area contributed by atoms with E-state index in [-0.39, 0.29) is 38.4 Å². The Hall–Kier alpha value is -1.18. The second-order valence-corrected chi connectivity index (χ2v) is 14.5. The fourth-order valence-corrected chi connectivity index (χ4v) is 6.35. The van der Waals surface area contributed by atoms with Gasteiger partial charge < -0.3 is 24.4 Å². The fourth-order valence-electron chi connectivity index (χ4n) is 6.35. The molecule has 2 unspecified atom stereocenters. The van der Waals surface area contributed by atoms with Crippen LogP contribution in [0.15, 0.2) is 0 Å². The molecular weight excluding hydrogens is 616 g/mol. The molecule has 0 amide bonds. The van der Waals surface area contributed by atoms with Gasteiger partial charge in [0, 0.05) is 12.8 Å². The van der Waals surface area contributed by atoms with Crippen molar-refractivity contribution in [2.24, 2.45) is 0 Å². The van der Waals surface area contributed by atoms with Crippen LogP contribution in [-0.4, -0.2) is 60.8 Å². The average molecular weight is 699 g/mol. The molecule has 7 heteroatoms. The van der Waals surface area contributed by atoms with Crippen LogP contribution < -0.4 is 0 Å². The Morgan fingerprint density at radius 2 is 0.612 bits per heavy atom. The average Bonchev–Trinajstić information content (AvgIpc) is 3.10. The summed E-state index contributed by atoms with van der Waals surface area (Å²) in [7, 11) is 0. The molecule has 0 aromatic rings. The summed E-state index contributed by atoms with van der Waals surface area (Å²) >= 11 is 0. The summed E-state index contributed by atoms with van der Waals surface area (Å²) in [6.45, 7) is 3.84. The second-order valence-electron chi connectivity index (χ2n) is 14.5. The number of aliphatic hydroxyl groups is 2. The highest BCUT2D eigenvalue weighted by atomic mass is 16.6. The van der Waals surface area contributed by atoms with Crippen LogP contribution in [0.25, 0.3) is 0 Å². The maximum atomic E-state index is 12.2. The van der Waals surface area contributed by atoms with Crippen LogP contribution in [0.5, 0.6) is 0 Å². The van der Waals surface area contributed by atoms with Gasteiger partial charge in [0.05, 0.1) is 26.4 Å². The van der Waals surface area contributed by atoms with E-state index in [0.717, 1.165) is 38.5 Å². The van der Waals surface area contributed by atoms with Gasteiger partial charge in [-0.1, -0.05) is 194 Å². The van der Waals surface area contributed by atoms with Crippen LogP contribution in [0.1, 0.15) is 219 Å². The van der Waals surface area contributed by atoms with Gasteiger partial charge in [-0.05, 0) is 12.8 Å². The van der Waals surface area contributed by atoms with Crippen molar-refractivity contribution in [2.45, 2.75) is 232 Å². The first-order chi connectivity index (χ1) is 24.1. The number of carbonyl (C=O) groups is 2. The van der Waals surface area contributed by atoms with Crippen LogP contribution in [0.2, 0.25) is 0 Å². The summed E-state index contributed by atoms with van der Waals surface area (Å²) in [5.41, 5.74) is 0. The second kappa shape index (κ2) is 39.6. The third-order valence-corrected chi connectivity index (χ3v) is 9.58. The molecule has 0 aromatic carbocycles. The molecule has 0 saturated heterocycles. The van der Waals surface area contributed by atoms with E-state index in [1.807, 2.05) is 0 Å². The summed E-state index contributed by atoms with van der Waals surface area (Å²) < 4.78 is 16.3. The molecule has 0 heterocycles. The first-order valence-corrected chi connectivity index (χ1v) is 21.3. The summed E-state index contributed by atoms with van der Waals surface area (Å²) in [6.07, 6.45) is 37.4.